The van der Waals surface area contributed by atoms with E-state index < -0.39 is 0 Å². The molecular weight excluding hydrogens is 393 g/mol. The molecule has 0 amide bonds. The lowest BCUT2D eigenvalue weighted by molar-refractivity contribution is 0.100. The number of aromatic nitrogens is 2. The maximum absolute atomic E-state index is 13.7. The van der Waals surface area contributed by atoms with Gasteiger partial charge in [0.2, 0.25) is 5.88 Å². The summed E-state index contributed by atoms with van der Waals surface area (Å²) >= 11 is 0. The van der Waals surface area contributed by atoms with Gasteiger partial charge in [-0.05, 0) is 31.5 Å². The Labute approximate surface area is 184 Å². The Bertz CT molecular complexity index is 959. The summed E-state index contributed by atoms with van der Waals surface area (Å²) in [5.74, 6) is 0.659. The molecule has 0 aliphatic rings. The van der Waals surface area contributed by atoms with Crippen LogP contribution in [0.15, 0.2) is 54.6 Å². The first-order valence-electron chi connectivity index (χ1n) is 11.0. The first-order chi connectivity index (χ1) is 15.0. The molecule has 1 aromatic heterocycles. The van der Waals surface area contributed by atoms with Crippen molar-refractivity contribution >= 4 is 0 Å². The SMILES string of the molecule is CCC[C@H](O)CN(CCC)Cc1c(-c2ccccc2)nn(C)c1Oc1cccc(F)c1. The van der Waals surface area contributed by atoms with Gasteiger partial charge < -0.3 is 9.84 Å². The van der Waals surface area contributed by atoms with E-state index in [0.29, 0.717) is 24.7 Å². The lowest BCUT2D eigenvalue weighted by Gasteiger charge is -2.25. The van der Waals surface area contributed by atoms with Crippen molar-refractivity contribution < 1.29 is 14.2 Å². The van der Waals surface area contributed by atoms with Gasteiger partial charge >= 0.3 is 0 Å². The van der Waals surface area contributed by atoms with Crippen LogP contribution in [-0.4, -0.2) is 39.0 Å². The van der Waals surface area contributed by atoms with E-state index in [1.165, 1.54) is 12.1 Å². The summed E-state index contributed by atoms with van der Waals surface area (Å²) in [5, 5.41) is 15.2. The number of nitrogens with zero attached hydrogens (tertiary/aromatic N) is 3. The van der Waals surface area contributed by atoms with Crippen molar-refractivity contribution in [3.05, 3.63) is 66.0 Å². The predicted octanol–water partition coefficient (Wildman–Crippen LogP) is 5.39. The van der Waals surface area contributed by atoms with E-state index in [-0.39, 0.29) is 11.9 Å². The van der Waals surface area contributed by atoms with Gasteiger partial charge in [-0.25, -0.2) is 9.07 Å². The minimum absolute atomic E-state index is 0.347. The van der Waals surface area contributed by atoms with E-state index in [2.05, 4.69) is 18.7 Å². The number of hydrogen-bond donors (Lipinski definition) is 1. The maximum atomic E-state index is 13.7. The van der Waals surface area contributed by atoms with Gasteiger partial charge in [-0.1, -0.05) is 56.7 Å². The van der Waals surface area contributed by atoms with Crippen LogP contribution in [0.5, 0.6) is 11.6 Å². The Balaban J connectivity index is 1.99. The summed E-state index contributed by atoms with van der Waals surface area (Å²) in [5.41, 5.74) is 2.75. The Morgan fingerprint density at radius 1 is 1.10 bits per heavy atom. The molecule has 5 nitrogen and oxygen atoms in total. The summed E-state index contributed by atoms with van der Waals surface area (Å²) < 4.78 is 21.6. The standard InChI is InChI=1S/C25H32FN3O2/c1-4-10-21(30)17-29(15-5-2)18-23-24(19-11-7-6-8-12-19)27-28(3)25(23)31-22-14-9-13-20(26)16-22/h6-9,11-14,16,21,30H,4-5,10,15,17-18H2,1-3H3/t21-/m0/s1. The fourth-order valence-corrected chi connectivity index (χ4v) is 3.79. The molecule has 0 bridgehead atoms. The van der Waals surface area contributed by atoms with E-state index >= 15 is 0 Å². The fraction of sp³-hybridized carbons (Fsp3) is 0.400. The molecule has 3 aromatic rings. The fourth-order valence-electron chi connectivity index (χ4n) is 3.79. The van der Waals surface area contributed by atoms with Crippen molar-refractivity contribution in [3.63, 3.8) is 0 Å². The molecule has 1 N–H and O–H groups in total. The number of halogens is 1. The highest BCUT2D eigenvalue weighted by molar-refractivity contribution is 5.65. The van der Waals surface area contributed by atoms with Crippen LogP contribution in [0.3, 0.4) is 0 Å². The molecule has 31 heavy (non-hydrogen) atoms. The molecule has 0 aliphatic heterocycles. The van der Waals surface area contributed by atoms with Gasteiger partial charge in [0.25, 0.3) is 0 Å². The second-order valence-electron chi connectivity index (χ2n) is 7.86. The van der Waals surface area contributed by atoms with Crippen molar-refractivity contribution in [2.75, 3.05) is 13.1 Å². The summed E-state index contributed by atoms with van der Waals surface area (Å²) in [4.78, 5) is 2.24. The van der Waals surface area contributed by atoms with E-state index in [1.807, 2.05) is 37.4 Å². The normalized spacial score (nSPS) is 12.3. The van der Waals surface area contributed by atoms with Gasteiger partial charge in [-0.3, -0.25) is 4.90 Å². The monoisotopic (exact) mass is 425 g/mol. The Morgan fingerprint density at radius 2 is 1.87 bits per heavy atom. The van der Waals surface area contributed by atoms with Crippen molar-refractivity contribution in [2.45, 2.75) is 45.8 Å². The largest absolute Gasteiger partial charge is 0.439 e. The minimum atomic E-state index is -0.374. The molecule has 0 radical (unpaired) electrons. The maximum Gasteiger partial charge on any atom is 0.222 e. The number of aryl methyl sites for hydroxylation is 1. The van der Waals surface area contributed by atoms with Crippen molar-refractivity contribution in [2.24, 2.45) is 7.05 Å². The van der Waals surface area contributed by atoms with E-state index in [4.69, 9.17) is 9.84 Å². The third kappa shape index (κ3) is 6.15. The number of benzene rings is 2. The van der Waals surface area contributed by atoms with Gasteiger partial charge in [0, 0.05) is 31.8 Å². The molecule has 0 spiro atoms. The highest BCUT2D eigenvalue weighted by atomic mass is 19.1. The molecule has 0 fully saturated rings. The molecule has 1 atom stereocenters. The van der Waals surface area contributed by atoms with Gasteiger partial charge in [0.1, 0.15) is 17.3 Å². The van der Waals surface area contributed by atoms with Crippen molar-refractivity contribution in [1.82, 2.24) is 14.7 Å². The molecule has 0 unspecified atom stereocenters. The van der Waals surface area contributed by atoms with Crippen LogP contribution >= 0.6 is 0 Å². The second kappa shape index (κ2) is 11.1. The zero-order chi connectivity index (χ0) is 22.2. The zero-order valence-electron chi connectivity index (χ0n) is 18.6. The number of aliphatic hydroxyl groups excluding tert-OH is 1. The van der Waals surface area contributed by atoms with Crippen molar-refractivity contribution in [1.29, 1.82) is 0 Å². The predicted molar refractivity (Wildman–Crippen MR) is 122 cm³/mol. The number of ether oxygens (including phenoxy) is 1. The van der Waals surface area contributed by atoms with E-state index in [0.717, 1.165) is 42.6 Å². The summed E-state index contributed by atoms with van der Waals surface area (Å²) in [7, 11) is 1.83. The summed E-state index contributed by atoms with van der Waals surface area (Å²) in [6.45, 7) is 6.22. The summed E-state index contributed by atoms with van der Waals surface area (Å²) in [6.07, 6.45) is 2.31. The highest BCUT2D eigenvalue weighted by Gasteiger charge is 2.23. The quantitative estimate of drug-likeness (QED) is 0.447. The van der Waals surface area contributed by atoms with Crippen LogP contribution in [0.1, 0.15) is 38.7 Å². The van der Waals surface area contributed by atoms with Gasteiger partial charge in [0.05, 0.1) is 11.7 Å². The number of rotatable bonds is 11. The average molecular weight is 426 g/mol. The second-order valence-corrected chi connectivity index (χ2v) is 7.86. The van der Waals surface area contributed by atoms with Crippen LogP contribution in [0.25, 0.3) is 11.3 Å². The van der Waals surface area contributed by atoms with E-state index in [9.17, 15) is 9.50 Å². The van der Waals surface area contributed by atoms with Crippen LogP contribution in [-0.2, 0) is 13.6 Å². The van der Waals surface area contributed by atoms with Crippen LogP contribution in [0.2, 0.25) is 0 Å². The molecule has 1 heterocycles. The summed E-state index contributed by atoms with van der Waals surface area (Å²) in [6, 6.07) is 16.1. The topological polar surface area (TPSA) is 50.5 Å². The Hall–Kier alpha value is -2.70. The Kier molecular flexibility index (Phi) is 8.20. The molecule has 2 aromatic carbocycles. The molecule has 6 heteroatoms. The first kappa shape index (κ1) is 23.0. The third-order valence-corrected chi connectivity index (χ3v) is 5.16. The Morgan fingerprint density at radius 3 is 2.55 bits per heavy atom. The van der Waals surface area contributed by atoms with Gasteiger partial charge in [0.15, 0.2) is 0 Å². The number of hydrogen-bond acceptors (Lipinski definition) is 4. The van der Waals surface area contributed by atoms with Crippen LogP contribution < -0.4 is 4.74 Å². The lowest BCUT2D eigenvalue weighted by Crippen LogP contribution is -2.32. The lowest BCUT2D eigenvalue weighted by atomic mass is 10.1. The smallest absolute Gasteiger partial charge is 0.222 e. The number of aliphatic hydroxyl groups is 1. The molecular formula is C25H32FN3O2. The van der Waals surface area contributed by atoms with Crippen LogP contribution in [0.4, 0.5) is 4.39 Å². The van der Waals surface area contributed by atoms with Gasteiger partial charge in [-0.15, -0.1) is 0 Å². The van der Waals surface area contributed by atoms with Gasteiger partial charge in [-0.2, -0.15) is 5.10 Å². The molecule has 166 valence electrons. The first-order valence-corrected chi connectivity index (χ1v) is 11.0. The molecule has 0 aliphatic carbocycles. The molecule has 3 rings (SSSR count). The zero-order valence-corrected chi connectivity index (χ0v) is 18.6. The third-order valence-electron chi connectivity index (χ3n) is 5.16. The van der Waals surface area contributed by atoms with Crippen LogP contribution in [0, 0.1) is 5.82 Å². The highest BCUT2D eigenvalue weighted by Crippen LogP contribution is 2.34. The average Bonchev–Trinajstić information content (AvgIpc) is 3.04. The van der Waals surface area contributed by atoms with Crippen molar-refractivity contribution in [3.8, 4) is 22.9 Å². The molecule has 0 saturated heterocycles. The molecule has 0 saturated carbocycles. The minimum Gasteiger partial charge on any atom is -0.439 e. The van der Waals surface area contributed by atoms with E-state index in [1.54, 1.807) is 16.8 Å².